The third-order valence-electron chi connectivity index (χ3n) is 3.93. The fraction of sp³-hybridized carbons (Fsp3) is 0.500. The second kappa shape index (κ2) is 5.06. The smallest absolute Gasteiger partial charge is 0.254 e. The predicted octanol–water partition coefficient (Wildman–Crippen LogP) is 2.04. The van der Waals surface area contributed by atoms with Crippen LogP contribution in [0.2, 0.25) is 0 Å². The summed E-state index contributed by atoms with van der Waals surface area (Å²) in [6.45, 7) is 0.577. The summed E-state index contributed by atoms with van der Waals surface area (Å²) in [4.78, 5) is 14.1. The van der Waals surface area contributed by atoms with Crippen molar-refractivity contribution >= 4 is 5.91 Å². The van der Waals surface area contributed by atoms with Crippen LogP contribution < -0.4 is 5.32 Å². The highest BCUT2D eigenvalue weighted by Crippen LogP contribution is 2.35. The zero-order chi connectivity index (χ0) is 13.2. The van der Waals surface area contributed by atoms with Crippen LogP contribution in [0.5, 0.6) is 0 Å². The summed E-state index contributed by atoms with van der Waals surface area (Å²) in [5.74, 6) is -0.802. The van der Waals surface area contributed by atoms with E-state index in [0.717, 1.165) is 12.8 Å². The van der Waals surface area contributed by atoms with Crippen molar-refractivity contribution < 1.29 is 9.18 Å². The van der Waals surface area contributed by atoms with E-state index in [-0.39, 0.29) is 17.0 Å². The standard InChI is InChI=1S/C14H19FN2O/c1-17(2)14(8-5-9-14)10-16-13(18)11-6-3-4-7-12(11)15/h3-4,6-7H,5,8-10H2,1-2H3,(H,16,18). The van der Waals surface area contributed by atoms with Crippen molar-refractivity contribution in [2.24, 2.45) is 0 Å². The highest BCUT2D eigenvalue weighted by Gasteiger charge is 2.39. The maximum absolute atomic E-state index is 13.4. The summed E-state index contributed by atoms with van der Waals surface area (Å²) in [6.07, 6.45) is 3.35. The fourth-order valence-electron chi connectivity index (χ4n) is 2.35. The molecule has 0 aliphatic heterocycles. The van der Waals surface area contributed by atoms with E-state index < -0.39 is 5.82 Å². The second-order valence-electron chi connectivity index (χ2n) is 5.13. The zero-order valence-electron chi connectivity index (χ0n) is 10.9. The van der Waals surface area contributed by atoms with Crippen LogP contribution in [0.4, 0.5) is 4.39 Å². The Morgan fingerprint density at radius 3 is 2.56 bits per heavy atom. The molecule has 0 atom stereocenters. The Kier molecular flexibility index (Phi) is 3.66. The summed E-state index contributed by atoms with van der Waals surface area (Å²) in [6, 6.07) is 6.07. The van der Waals surface area contributed by atoms with Gasteiger partial charge < -0.3 is 10.2 Å². The minimum absolute atomic E-state index is 0.0565. The topological polar surface area (TPSA) is 32.3 Å². The molecule has 0 bridgehead atoms. The number of carbonyl (C=O) groups is 1. The number of nitrogens with one attached hydrogen (secondary N) is 1. The van der Waals surface area contributed by atoms with Crippen molar-refractivity contribution in [3.63, 3.8) is 0 Å². The van der Waals surface area contributed by atoms with E-state index in [1.807, 2.05) is 14.1 Å². The molecule has 0 heterocycles. The van der Waals surface area contributed by atoms with E-state index >= 15 is 0 Å². The van der Waals surface area contributed by atoms with Crippen molar-refractivity contribution in [3.8, 4) is 0 Å². The Bertz CT molecular complexity index is 441. The summed E-state index contributed by atoms with van der Waals surface area (Å²) in [7, 11) is 4.04. The molecule has 1 fully saturated rings. The Balaban J connectivity index is 1.99. The lowest BCUT2D eigenvalue weighted by Gasteiger charge is -2.47. The lowest BCUT2D eigenvalue weighted by molar-refractivity contribution is 0.0556. The summed E-state index contributed by atoms with van der Waals surface area (Å²) in [5.41, 5.74) is 0.173. The molecule has 1 aliphatic carbocycles. The lowest BCUT2D eigenvalue weighted by Crippen LogP contribution is -2.57. The minimum Gasteiger partial charge on any atom is -0.350 e. The lowest BCUT2D eigenvalue weighted by atomic mass is 9.75. The van der Waals surface area contributed by atoms with Crippen molar-refractivity contribution in [2.75, 3.05) is 20.6 Å². The molecule has 0 spiro atoms. The molecule has 0 saturated heterocycles. The highest BCUT2D eigenvalue weighted by atomic mass is 19.1. The van der Waals surface area contributed by atoms with E-state index in [1.165, 1.54) is 18.6 Å². The number of rotatable bonds is 4. The van der Waals surface area contributed by atoms with Crippen LogP contribution in [0.1, 0.15) is 29.6 Å². The number of likely N-dealkylation sites (N-methyl/N-ethyl adjacent to an activating group) is 1. The number of halogens is 1. The molecular formula is C14H19FN2O. The van der Waals surface area contributed by atoms with Crippen LogP contribution in [-0.4, -0.2) is 37.0 Å². The first-order chi connectivity index (χ1) is 8.55. The van der Waals surface area contributed by atoms with E-state index in [0.29, 0.717) is 6.54 Å². The van der Waals surface area contributed by atoms with Crippen LogP contribution in [0, 0.1) is 5.82 Å². The average molecular weight is 250 g/mol. The monoisotopic (exact) mass is 250 g/mol. The van der Waals surface area contributed by atoms with Crippen LogP contribution >= 0.6 is 0 Å². The largest absolute Gasteiger partial charge is 0.350 e. The first-order valence-electron chi connectivity index (χ1n) is 6.25. The van der Waals surface area contributed by atoms with Gasteiger partial charge >= 0.3 is 0 Å². The molecule has 3 nitrogen and oxygen atoms in total. The van der Waals surface area contributed by atoms with Gasteiger partial charge in [-0.2, -0.15) is 0 Å². The van der Waals surface area contributed by atoms with Crippen LogP contribution in [0.15, 0.2) is 24.3 Å². The summed E-state index contributed by atoms with van der Waals surface area (Å²) in [5, 5.41) is 2.84. The first-order valence-corrected chi connectivity index (χ1v) is 6.25. The molecule has 1 saturated carbocycles. The molecule has 1 N–H and O–H groups in total. The summed E-state index contributed by atoms with van der Waals surface area (Å²) >= 11 is 0. The number of nitrogens with zero attached hydrogens (tertiary/aromatic N) is 1. The molecule has 1 aromatic carbocycles. The van der Waals surface area contributed by atoms with Gasteiger partial charge in [0.15, 0.2) is 0 Å². The van der Waals surface area contributed by atoms with Crippen LogP contribution in [0.3, 0.4) is 0 Å². The van der Waals surface area contributed by atoms with Gasteiger partial charge in [-0.05, 0) is 45.5 Å². The van der Waals surface area contributed by atoms with Gasteiger partial charge in [-0.1, -0.05) is 12.1 Å². The molecule has 4 heteroatoms. The fourth-order valence-corrected chi connectivity index (χ4v) is 2.35. The Hall–Kier alpha value is -1.42. The maximum atomic E-state index is 13.4. The Labute approximate surface area is 107 Å². The molecule has 18 heavy (non-hydrogen) atoms. The van der Waals surface area contributed by atoms with Gasteiger partial charge in [-0.3, -0.25) is 4.79 Å². The number of hydrogen-bond donors (Lipinski definition) is 1. The van der Waals surface area contributed by atoms with Crippen molar-refractivity contribution in [1.29, 1.82) is 0 Å². The van der Waals surface area contributed by atoms with Gasteiger partial charge in [0.05, 0.1) is 5.56 Å². The van der Waals surface area contributed by atoms with Crippen LogP contribution in [0.25, 0.3) is 0 Å². The molecule has 2 rings (SSSR count). The molecule has 0 aromatic heterocycles. The SMILES string of the molecule is CN(C)C1(CNC(=O)c2ccccc2F)CCC1. The number of hydrogen-bond acceptors (Lipinski definition) is 2. The van der Waals surface area contributed by atoms with E-state index in [4.69, 9.17) is 0 Å². The van der Waals surface area contributed by atoms with Crippen molar-refractivity contribution in [2.45, 2.75) is 24.8 Å². The van der Waals surface area contributed by atoms with Crippen molar-refractivity contribution in [1.82, 2.24) is 10.2 Å². The molecule has 1 aliphatic rings. The Morgan fingerprint density at radius 1 is 1.39 bits per heavy atom. The normalized spacial score (nSPS) is 17.3. The predicted molar refractivity (Wildman–Crippen MR) is 69.0 cm³/mol. The zero-order valence-corrected chi connectivity index (χ0v) is 10.9. The van der Waals surface area contributed by atoms with Gasteiger partial charge in [-0.15, -0.1) is 0 Å². The van der Waals surface area contributed by atoms with Gasteiger partial charge in [-0.25, -0.2) is 4.39 Å². The minimum atomic E-state index is -0.470. The van der Waals surface area contributed by atoms with E-state index in [9.17, 15) is 9.18 Å². The maximum Gasteiger partial charge on any atom is 0.254 e. The quantitative estimate of drug-likeness (QED) is 0.887. The first kappa shape index (κ1) is 13.0. The molecule has 0 unspecified atom stereocenters. The van der Waals surface area contributed by atoms with Gasteiger partial charge in [0.2, 0.25) is 0 Å². The number of benzene rings is 1. The third-order valence-corrected chi connectivity index (χ3v) is 3.93. The Morgan fingerprint density at radius 2 is 2.06 bits per heavy atom. The van der Waals surface area contributed by atoms with Gasteiger partial charge in [0.1, 0.15) is 5.82 Å². The molecule has 1 amide bonds. The van der Waals surface area contributed by atoms with Crippen molar-refractivity contribution in [3.05, 3.63) is 35.6 Å². The average Bonchev–Trinajstić information content (AvgIpc) is 2.27. The van der Waals surface area contributed by atoms with E-state index in [1.54, 1.807) is 12.1 Å². The summed E-state index contributed by atoms with van der Waals surface area (Å²) < 4.78 is 13.4. The van der Waals surface area contributed by atoms with E-state index in [2.05, 4.69) is 10.2 Å². The molecule has 98 valence electrons. The number of carbonyl (C=O) groups excluding carboxylic acids is 1. The highest BCUT2D eigenvalue weighted by molar-refractivity contribution is 5.94. The molecule has 1 aromatic rings. The molecule has 0 radical (unpaired) electrons. The number of amides is 1. The molecular weight excluding hydrogens is 231 g/mol. The second-order valence-corrected chi connectivity index (χ2v) is 5.13. The third kappa shape index (κ3) is 2.38. The van der Waals surface area contributed by atoms with Crippen LogP contribution in [-0.2, 0) is 0 Å². The van der Waals surface area contributed by atoms with Gasteiger partial charge in [0.25, 0.3) is 5.91 Å². The van der Waals surface area contributed by atoms with Gasteiger partial charge in [0, 0.05) is 12.1 Å².